The lowest BCUT2D eigenvalue weighted by molar-refractivity contribution is 0.0601. The fraction of sp³-hybridized carbons (Fsp3) is 0.107. The first kappa shape index (κ1) is 25.7. The van der Waals surface area contributed by atoms with Crippen LogP contribution in [0.2, 0.25) is 0 Å². The lowest BCUT2D eigenvalue weighted by atomic mass is 10.1. The molecule has 1 unspecified atom stereocenters. The van der Waals surface area contributed by atoms with Crippen molar-refractivity contribution in [3.8, 4) is 11.5 Å². The first-order chi connectivity index (χ1) is 17.9. The van der Waals surface area contributed by atoms with E-state index in [1.54, 1.807) is 42.5 Å². The van der Waals surface area contributed by atoms with Crippen molar-refractivity contribution < 1.29 is 23.0 Å². The Morgan fingerprint density at radius 2 is 1.65 bits per heavy atom. The van der Waals surface area contributed by atoms with Crippen molar-refractivity contribution in [1.82, 2.24) is 0 Å². The van der Waals surface area contributed by atoms with Crippen LogP contribution in [-0.4, -0.2) is 21.8 Å². The molecule has 0 fully saturated rings. The summed E-state index contributed by atoms with van der Waals surface area (Å²) in [6, 6.07) is 26.8. The second-order valence-corrected chi connectivity index (χ2v) is 9.05. The van der Waals surface area contributed by atoms with Crippen LogP contribution in [0.5, 0.6) is 11.5 Å². The Hall–Kier alpha value is -4.34. The summed E-state index contributed by atoms with van der Waals surface area (Å²) in [5.41, 5.74) is 10.2. The highest BCUT2D eigenvalue weighted by Gasteiger charge is 2.23. The summed E-state index contributed by atoms with van der Waals surface area (Å²) < 4.78 is 34.5. The SMILES string of the molecule is COC(=O)c1cc(Oc2ccc(N)c(NCc3ccccc3)c2)ccc1N(c1ccc(C)cc1)S(=O)O. The standard InChI is InChI=1S/C28H27N3O5S/c1-19-8-10-21(11-9-19)31(37(33)34)27-15-13-22(16-24(27)28(32)35-2)36-23-12-14-25(29)26(17-23)30-18-20-6-4-3-5-7-20/h3-17,30H,18,29H2,1-2H3,(H,33,34). The van der Waals surface area contributed by atoms with Crippen molar-refractivity contribution in [2.45, 2.75) is 13.5 Å². The van der Waals surface area contributed by atoms with Gasteiger partial charge in [-0.3, -0.25) is 4.55 Å². The molecular formula is C28H27N3O5S. The molecule has 0 aromatic heterocycles. The van der Waals surface area contributed by atoms with E-state index in [2.05, 4.69) is 5.32 Å². The number of nitrogens with one attached hydrogen (secondary N) is 1. The van der Waals surface area contributed by atoms with E-state index in [4.69, 9.17) is 15.2 Å². The third kappa shape index (κ3) is 6.27. The van der Waals surface area contributed by atoms with Crippen LogP contribution in [0.15, 0.2) is 91.0 Å². The minimum absolute atomic E-state index is 0.0702. The van der Waals surface area contributed by atoms with Gasteiger partial charge in [0.15, 0.2) is 0 Å². The highest BCUT2D eigenvalue weighted by atomic mass is 32.2. The van der Waals surface area contributed by atoms with Crippen LogP contribution in [0.1, 0.15) is 21.5 Å². The topological polar surface area (TPSA) is 114 Å². The number of carbonyl (C=O) groups excluding carboxylic acids is 1. The largest absolute Gasteiger partial charge is 0.465 e. The van der Waals surface area contributed by atoms with E-state index in [1.165, 1.54) is 13.2 Å². The van der Waals surface area contributed by atoms with Gasteiger partial charge in [-0.1, -0.05) is 48.0 Å². The van der Waals surface area contributed by atoms with E-state index in [0.717, 1.165) is 15.4 Å². The molecule has 4 aromatic carbocycles. The van der Waals surface area contributed by atoms with Crippen molar-refractivity contribution in [3.63, 3.8) is 0 Å². The highest BCUT2D eigenvalue weighted by molar-refractivity contribution is 7.81. The first-order valence-corrected chi connectivity index (χ1v) is 12.5. The number of hydrogen-bond donors (Lipinski definition) is 3. The third-order valence-corrected chi connectivity index (χ3v) is 6.32. The maximum Gasteiger partial charge on any atom is 0.340 e. The molecular weight excluding hydrogens is 490 g/mol. The first-order valence-electron chi connectivity index (χ1n) is 11.4. The van der Waals surface area contributed by atoms with Gasteiger partial charge in [-0.05, 0) is 55.0 Å². The maximum atomic E-state index is 12.7. The molecule has 9 heteroatoms. The predicted molar refractivity (Wildman–Crippen MR) is 147 cm³/mol. The number of carbonyl (C=O) groups is 1. The predicted octanol–water partition coefficient (Wildman–Crippen LogP) is 6.04. The lowest BCUT2D eigenvalue weighted by Gasteiger charge is -2.23. The number of rotatable bonds is 9. The second-order valence-electron chi connectivity index (χ2n) is 8.22. The number of nitrogens with two attached hydrogens (primary N) is 1. The van der Waals surface area contributed by atoms with Crippen LogP contribution >= 0.6 is 0 Å². The van der Waals surface area contributed by atoms with Crippen LogP contribution in [0, 0.1) is 6.92 Å². The average molecular weight is 518 g/mol. The van der Waals surface area contributed by atoms with E-state index < -0.39 is 17.2 Å². The van der Waals surface area contributed by atoms with Crippen LogP contribution in [-0.2, 0) is 22.5 Å². The molecule has 1 atom stereocenters. The van der Waals surface area contributed by atoms with Gasteiger partial charge in [0.2, 0.25) is 0 Å². The molecule has 0 saturated heterocycles. The minimum Gasteiger partial charge on any atom is -0.465 e. The summed E-state index contributed by atoms with van der Waals surface area (Å²) >= 11 is -2.45. The van der Waals surface area contributed by atoms with Crippen LogP contribution in [0.4, 0.5) is 22.7 Å². The normalized spacial score (nSPS) is 11.4. The number of methoxy groups -OCH3 is 1. The fourth-order valence-electron chi connectivity index (χ4n) is 3.70. The summed E-state index contributed by atoms with van der Waals surface area (Å²) in [5.74, 6) is 0.162. The molecule has 4 rings (SSSR count). The van der Waals surface area contributed by atoms with Crippen LogP contribution in [0.25, 0.3) is 0 Å². The number of ether oxygens (including phenoxy) is 2. The summed E-state index contributed by atoms with van der Waals surface area (Å²) in [5, 5.41) is 3.31. The number of nitrogen functional groups attached to an aromatic ring is 1. The van der Waals surface area contributed by atoms with Crippen LogP contribution < -0.4 is 20.1 Å². The van der Waals surface area contributed by atoms with Crippen molar-refractivity contribution in [1.29, 1.82) is 0 Å². The highest BCUT2D eigenvalue weighted by Crippen LogP contribution is 2.35. The average Bonchev–Trinajstić information content (AvgIpc) is 2.91. The van der Waals surface area contributed by atoms with Crippen LogP contribution in [0.3, 0.4) is 0 Å². The number of benzene rings is 4. The molecule has 37 heavy (non-hydrogen) atoms. The summed E-state index contributed by atoms with van der Waals surface area (Å²) in [7, 11) is 1.25. The fourth-order valence-corrected chi connectivity index (χ4v) is 4.33. The van der Waals surface area contributed by atoms with Gasteiger partial charge in [-0.2, -0.15) is 0 Å². The zero-order valence-electron chi connectivity index (χ0n) is 20.4. The number of anilines is 4. The quantitative estimate of drug-likeness (QED) is 0.141. The number of aryl methyl sites for hydroxylation is 1. The van der Waals surface area contributed by atoms with Crippen molar-refractivity contribution in [2.75, 3.05) is 22.5 Å². The van der Waals surface area contributed by atoms with Gasteiger partial charge >= 0.3 is 5.97 Å². The number of hydrogen-bond acceptors (Lipinski definition) is 6. The van der Waals surface area contributed by atoms with E-state index in [1.807, 2.05) is 49.4 Å². The smallest absolute Gasteiger partial charge is 0.340 e. The lowest BCUT2D eigenvalue weighted by Crippen LogP contribution is -2.22. The molecule has 0 aliphatic heterocycles. The molecule has 0 aliphatic carbocycles. The monoisotopic (exact) mass is 517 g/mol. The van der Waals surface area contributed by atoms with Gasteiger partial charge in [-0.25, -0.2) is 13.3 Å². The second kappa shape index (κ2) is 11.6. The Morgan fingerprint density at radius 3 is 2.32 bits per heavy atom. The molecule has 4 aromatic rings. The molecule has 0 heterocycles. The van der Waals surface area contributed by atoms with E-state index >= 15 is 0 Å². The Kier molecular flexibility index (Phi) is 8.07. The van der Waals surface area contributed by atoms with Gasteiger partial charge in [0.1, 0.15) is 11.5 Å². The zero-order chi connectivity index (χ0) is 26.4. The van der Waals surface area contributed by atoms with Gasteiger partial charge in [0.05, 0.1) is 35.4 Å². The number of nitrogens with zero attached hydrogens (tertiary/aromatic N) is 1. The summed E-state index contributed by atoms with van der Waals surface area (Å²) in [6.45, 7) is 2.50. The summed E-state index contributed by atoms with van der Waals surface area (Å²) in [4.78, 5) is 12.7. The van der Waals surface area contributed by atoms with Crippen molar-refractivity contribution in [2.24, 2.45) is 0 Å². The molecule has 0 radical (unpaired) electrons. The van der Waals surface area contributed by atoms with Gasteiger partial charge in [-0.15, -0.1) is 0 Å². The third-order valence-electron chi connectivity index (χ3n) is 5.60. The van der Waals surface area contributed by atoms with E-state index in [0.29, 0.717) is 35.1 Å². The Balaban J connectivity index is 1.63. The maximum absolute atomic E-state index is 12.7. The Bertz CT molecular complexity index is 1410. The zero-order valence-corrected chi connectivity index (χ0v) is 21.2. The molecule has 0 bridgehead atoms. The van der Waals surface area contributed by atoms with Crippen molar-refractivity contribution >= 4 is 40.0 Å². The Morgan fingerprint density at radius 1 is 0.973 bits per heavy atom. The number of esters is 1. The molecule has 0 saturated carbocycles. The van der Waals surface area contributed by atoms with E-state index in [-0.39, 0.29) is 11.3 Å². The molecule has 0 aliphatic rings. The summed E-state index contributed by atoms with van der Waals surface area (Å²) in [6.07, 6.45) is 0. The van der Waals surface area contributed by atoms with Gasteiger partial charge in [0.25, 0.3) is 11.3 Å². The Labute approximate surface area is 218 Å². The van der Waals surface area contributed by atoms with Gasteiger partial charge in [0, 0.05) is 12.6 Å². The molecule has 0 amide bonds. The minimum atomic E-state index is -2.45. The molecule has 190 valence electrons. The molecule has 8 nitrogen and oxygen atoms in total. The molecule has 4 N–H and O–H groups in total. The van der Waals surface area contributed by atoms with Crippen molar-refractivity contribution in [3.05, 3.63) is 108 Å². The molecule has 0 spiro atoms. The van der Waals surface area contributed by atoms with Gasteiger partial charge < -0.3 is 20.5 Å². The van der Waals surface area contributed by atoms with E-state index in [9.17, 15) is 13.6 Å².